The molecule has 0 aliphatic carbocycles. The van der Waals surface area contributed by atoms with Crippen LogP contribution in [0.2, 0.25) is 0 Å². The zero-order valence-electron chi connectivity index (χ0n) is 13.2. The highest BCUT2D eigenvalue weighted by atomic mass is 32.2. The van der Waals surface area contributed by atoms with E-state index in [4.69, 9.17) is 0 Å². The van der Waals surface area contributed by atoms with Crippen molar-refractivity contribution in [2.45, 2.75) is 25.0 Å². The Kier molecular flexibility index (Phi) is 4.92. The summed E-state index contributed by atoms with van der Waals surface area (Å²) in [6, 6.07) is 12.5. The largest absolute Gasteiger partial charge is 0.365 e. The van der Waals surface area contributed by atoms with Gasteiger partial charge in [0.1, 0.15) is 16.7 Å². The van der Waals surface area contributed by atoms with E-state index < -0.39 is 0 Å². The highest BCUT2D eigenvalue weighted by molar-refractivity contribution is 7.98. The van der Waals surface area contributed by atoms with Crippen molar-refractivity contribution in [3.63, 3.8) is 0 Å². The predicted octanol–water partition coefficient (Wildman–Crippen LogP) is 3.36. The first-order valence-electron chi connectivity index (χ1n) is 7.42. The second-order valence-electron chi connectivity index (χ2n) is 5.24. The van der Waals surface area contributed by atoms with E-state index in [2.05, 4.69) is 49.3 Å². The smallest absolute Gasteiger partial charge is 0.148 e. The lowest BCUT2D eigenvalue weighted by Crippen LogP contribution is -2.04. The molecule has 0 radical (unpaired) electrons. The second-order valence-corrected chi connectivity index (χ2v) is 6.06. The minimum absolute atomic E-state index is 0.726. The maximum atomic E-state index is 4.26. The van der Waals surface area contributed by atoms with E-state index in [-0.39, 0.29) is 0 Å². The van der Waals surface area contributed by atoms with E-state index in [1.54, 1.807) is 11.8 Å². The zero-order valence-corrected chi connectivity index (χ0v) is 14.0. The van der Waals surface area contributed by atoms with Crippen LogP contribution in [-0.4, -0.2) is 26.0 Å². The van der Waals surface area contributed by atoms with Crippen molar-refractivity contribution in [1.29, 1.82) is 0 Å². The van der Waals surface area contributed by atoms with Crippen molar-refractivity contribution >= 4 is 17.6 Å². The second kappa shape index (κ2) is 7.28. The Morgan fingerprint density at radius 2 is 2.00 bits per heavy atom. The molecular weight excluding hydrogens is 306 g/mol. The Hall–Kier alpha value is -2.34. The van der Waals surface area contributed by atoms with Crippen LogP contribution in [0.3, 0.4) is 0 Å². The maximum absolute atomic E-state index is 4.26. The Labute approximate surface area is 140 Å². The number of hydrogen-bond acceptors (Lipinski definition) is 5. The number of nitrogens with one attached hydrogen (secondary N) is 1. The zero-order chi connectivity index (χ0) is 16.1. The van der Waals surface area contributed by atoms with Crippen LogP contribution in [-0.2, 0) is 13.1 Å². The molecule has 6 heteroatoms. The molecule has 1 aromatic carbocycles. The van der Waals surface area contributed by atoms with E-state index in [0.29, 0.717) is 0 Å². The molecule has 0 saturated heterocycles. The first-order valence-corrected chi connectivity index (χ1v) is 8.64. The highest BCUT2D eigenvalue weighted by Crippen LogP contribution is 2.13. The fourth-order valence-corrected chi connectivity index (χ4v) is 2.65. The third-order valence-corrected chi connectivity index (χ3v) is 4.23. The maximum Gasteiger partial charge on any atom is 0.148 e. The van der Waals surface area contributed by atoms with Gasteiger partial charge in [0, 0.05) is 25.5 Å². The van der Waals surface area contributed by atoms with Gasteiger partial charge in [0.15, 0.2) is 0 Å². The predicted molar refractivity (Wildman–Crippen MR) is 93.6 cm³/mol. The first-order chi connectivity index (χ1) is 11.2. The van der Waals surface area contributed by atoms with Crippen molar-refractivity contribution in [3.05, 3.63) is 65.7 Å². The Morgan fingerprint density at radius 1 is 1.13 bits per heavy atom. The van der Waals surface area contributed by atoms with Gasteiger partial charge in [-0.2, -0.15) is 0 Å². The molecule has 3 aromatic rings. The fourth-order valence-electron chi connectivity index (χ4n) is 2.32. The number of hydrogen-bond donors (Lipinski definition) is 1. The number of aryl methyl sites for hydroxylation is 1. The van der Waals surface area contributed by atoms with Gasteiger partial charge < -0.3 is 9.88 Å². The summed E-state index contributed by atoms with van der Waals surface area (Å²) in [6.45, 7) is 3.58. The van der Waals surface area contributed by atoms with E-state index >= 15 is 0 Å². The van der Waals surface area contributed by atoms with Crippen molar-refractivity contribution < 1.29 is 0 Å². The monoisotopic (exact) mass is 325 g/mol. The summed E-state index contributed by atoms with van der Waals surface area (Å²) in [7, 11) is 0. The number of anilines is 1. The van der Waals surface area contributed by atoms with Gasteiger partial charge in [0.25, 0.3) is 0 Å². The number of aromatic nitrogens is 4. The number of rotatable bonds is 6. The summed E-state index contributed by atoms with van der Waals surface area (Å²) < 4.78 is 2.14. The Balaban J connectivity index is 1.64. The molecule has 5 nitrogen and oxygen atoms in total. The molecule has 0 atom stereocenters. The molecule has 118 valence electrons. The number of benzene rings is 1. The summed E-state index contributed by atoms with van der Waals surface area (Å²) in [4.78, 5) is 4.26. The summed E-state index contributed by atoms with van der Waals surface area (Å²) in [6.07, 6.45) is 5.82. The summed E-state index contributed by atoms with van der Waals surface area (Å²) in [5.41, 5.74) is 2.48. The van der Waals surface area contributed by atoms with E-state index in [1.165, 1.54) is 11.1 Å². The standard InChI is InChI=1S/C17H19N5S/c1-13-18-8-9-22(13)12-15-5-3-4-14(10-15)11-19-16-6-7-17(23-2)21-20-16/h3-10H,11-12H2,1-2H3,(H,19,20). The van der Waals surface area contributed by atoms with E-state index in [0.717, 1.165) is 29.8 Å². The molecule has 2 heterocycles. The molecule has 0 spiro atoms. The van der Waals surface area contributed by atoms with Crippen LogP contribution in [0.5, 0.6) is 0 Å². The normalized spacial score (nSPS) is 10.7. The average molecular weight is 325 g/mol. The molecule has 23 heavy (non-hydrogen) atoms. The fraction of sp³-hybridized carbons (Fsp3) is 0.235. The molecule has 0 bridgehead atoms. The third-order valence-electron chi connectivity index (χ3n) is 3.59. The minimum Gasteiger partial charge on any atom is -0.365 e. The molecule has 0 amide bonds. The SMILES string of the molecule is CSc1ccc(NCc2cccc(Cn3ccnc3C)c2)nn1. The lowest BCUT2D eigenvalue weighted by atomic mass is 10.1. The first kappa shape index (κ1) is 15.6. The minimum atomic E-state index is 0.726. The molecule has 3 rings (SSSR count). The summed E-state index contributed by atoms with van der Waals surface area (Å²) >= 11 is 1.59. The number of imidazole rings is 1. The van der Waals surface area contributed by atoms with Crippen LogP contribution in [0.25, 0.3) is 0 Å². The van der Waals surface area contributed by atoms with Gasteiger partial charge in [0.05, 0.1) is 0 Å². The van der Waals surface area contributed by atoms with Gasteiger partial charge in [-0.3, -0.25) is 0 Å². The van der Waals surface area contributed by atoms with Gasteiger partial charge in [0.2, 0.25) is 0 Å². The highest BCUT2D eigenvalue weighted by Gasteiger charge is 2.01. The molecule has 0 fully saturated rings. The third kappa shape index (κ3) is 4.10. The molecular formula is C17H19N5S. The summed E-state index contributed by atoms with van der Waals surface area (Å²) in [5.74, 6) is 1.82. The Bertz CT molecular complexity index is 767. The number of nitrogens with zero attached hydrogens (tertiary/aromatic N) is 4. The molecule has 0 aliphatic heterocycles. The van der Waals surface area contributed by atoms with Crippen LogP contribution in [0, 0.1) is 6.92 Å². The topological polar surface area (TPSA) is 55.6 Å². The van der Waals surface area contributed by atoms with E-state index in [9.17, 15) is 0 Å². The van der Waals surface area contributed by atoms with Crippen LogP contribution >= 0.6 is 11.8 Å². The Morgan fingerprint density at radius 3 is 2.70 bits per heavy atom. The van der Waals surface area contributed by atoms with Crippen molar-refractivity contribution in [1.82, 2.24) is 19.7 Å². The van der Waals surface area contributed by atoms with Crippen molar-refractivity contribution in [3.8, 4) is 0 Å². The lowest BCUT2D eigenvalue weighted by Gasteiger charge is -2.09. The van der Waals surface area contributed by atoms with Crippen molar-refractivity contribution in [2.75, 3.05) is 11.6 Å². The van der Waals surface area contributed by atoms with E-state index in [1.807, 2.05) is 37.7 Å². The van der Waals surface area contributed by atoms with Crippen LogP contribution in [0.1, 0.15) is 17.0 Å². The average Bonchev–Trinajstić information content (AvgIpc) is 2.99. The molecule has 0 saturated carbocycles. The molecule has 0 aliphatic rings. The quantitative estimate of drug-likeness (QED) is 0.704. The molecule has 0 unspecified atom stereocenters. The van der Waals surface area contributed by atoms with Gasteiger partial charge in [-0.05, 0) is 36.4 Å². The number of thioether (sulfide) groups is 1. The summed E-state index contributed by atoms with van der Waals surface area (Å²) in [5, 5.41) is 12.5. The van der Waals surface area contributed by atoms with Gasteiger partial charge >= 0.3 is 0 Å². The van der Waals surface area contributed by atoms with Gasteiger partial charge in [-0.25, -0.2) is 4.98 Å². The lowest BCUT2D eigenvalue weighted by molar-refractivity contribution is 0.760. The van der Waals surface area contributed by atoms with Crippen LogP contribution in [0.15, 0.2) is 53.8 Å². The van der Waals surface area contributed by atoms with Gasteiger partial charge in [-0.1, -0.05) is 24.3 Å². The molecule has 1 N–H and O–H groups in total. The van der Waals surface area contributed by atoms with Crippen LogP contribution in [0.4, 0.5) is 5.82 Å². The van der Waals surface area contributed by atoms with Crippen LogP contribution < -0.4 is 5.32 Å². The molecule has 2 aromatic heterocycles. The van der Waals surface area contributed by atoms with Gasteiger partial charge in [-0.15, -0.1) is 22.0 Å². The van der Waals surface area contributed by atoms with Crippen molar-refractivity contribution in [2.24, 2.45) is 0 Å².